The number of aryl methyl sites for hydroxylation is 2. The zero-order chi connectivity index (χ0) is 14.4. The number of hydrogen-bond acceptors (Lipinski definition) is 4. The van der Waals surface area contributed by atoms with Crippen LogP contribution in [0.5, 0.6) is 0 Å². The monoisotopic (exact) mass is 274 g/mol. The highest BCUT2D eigenvalue weighted by atomic mass is 19.1. The van der Waals surface area contributed by atoms with Gasteiger partial charge in [0.2, 0.25) is 5.95 Å². The molecule has 2 N–H and O–H groups in total. The van der Waals surface area contributed by atoms with Crippen molar-refractivity contribution < 1.29 is 8.91 Å². The SMILES string of the molecule is Cc1noc(C)c1C(C)n1c(N)nc2ccc(F)cc21. The molecule has 1 atom stereocenters. The van der Waals surface area contributed by atoms with E-state index in [0.29, 0.717) is 17.0 Å². The Morgan fingerprint density at radius 2 is 2.10 bits per heavy atom. The summed E-state index contributed by atoms with van der Waals surface area (Å²) in [6.07, 6.45) is 0. The van der Waals surface area contributed by atoms with Crippen LogP contribution in [0.1, 0.15) is 30.0 Å². The maximum absolute atomic E-state index is 13.5. The normalized spacial score (nSPS) is 13.0. The molecule has 1 aromatic carbocycles. The number of nitrogen functional groups attached to an aromatic ring is 1. The Morgan fingerprint density at radius 3 is 2.75 bits per heavy atom. The number of benzene rings is 1. The van der Waals surface area contributed by atoms with E-state index in [0.717, 1.165) is 17.0 Å². The molecular weight excluding hydrogens is 259 g/mol. The van der Waals surface area contributed by atoms with Crippen LogP contribution in [-0.4, -0.2) is 14.7 Å². The van der Waals surface area contributed by atoms with Crippen molar-refractivity contribution in [3.05, 3.63) is 41.0 Å². The van der Waals surface area contributed by atoms with Gasteiger partial charge in [-0.3, -0.25) is 0 Å². The van der Waals surface area contributed by atoms with E-state index in [1.165, 1.54) is 12.1 Å². The summed E-state index contributed by atoms with van der Waals surface area (Å²) in [4.78, 5) is 4.27. The molecule has 6 heteroatoms. The van der Waals surface area contributed by atoms with Gasteiger partial charge >= 0.3 is 0 Å². The van der Waals surface area contributed by atoms with Crippen LogP contribution < -0.4 is 5.73 Å². The molecule has 5 nitrogen and oxygen atoms in total. The number of aromatic nitrogens is 3. The highest BCUT2D eigenvalue weighted by Gasteiger charge is 2.22. The van der Waals surface area contributed by atoms with Gasteiger partial charge in [-0.1, -0.05) is 5.16 Å². The molecule has 0 amide bonds. The quantitative estimate of drug-likeness (QED) is 0.780. The van der Waals surface area contributed by atoms with Gasteiger partial charge in [0.25, 0.3) is 0 Å². The number of imidazole rings is 1. The van der Waals surface area contributed by atoms with Gasteiger partial charge < -0.3 is 14.8 Å². The molecule has 2 heterocycles. The van der Waals surface area contributed by atoms with Crippen LogP contribution in [0.2, 0.25) is 0 Å². The third kappa shape index (κ3) is 1.76. The fourth-order valence-corrected chi connectivity index (χ4v) is 2.71. The molecule has 0 aliphatic heterocycles. The van der Waals surface area contributed by atoms with Crippen molar-refractivity contribution in [3.63, 3.8) is 0 Å². The summed E-state index contributed by atoms with van der Waals surface area (Å²) in [5.41, 5.74) is 9.06. The number of hydrogen-bond donors (Lipinski definition) is 1. The Balaban J connectivity index is 2.24. The summed E-state index contributed by atoms with van der Waals surface area (Å²) in [5, 5.41) is 3.95. The minimum atomic E-state index is -0.315. The number of anilines is 1. The van der Waals surface area contributed by atoms with Crippen LogP contribution >= 0.6 is 0 Å². The van der Waals surface area contributed by atoms with Gasteiger partial charge in [0.1, 0.15) is 11.6 Å². The van der Waals surface area contributed by atoms with Gasteiger partial charge in [-0.25, -0.2) is 9.37 Å². The summed E-state index contributed by atoms with van der Waals surface area (Å²) >= 11 is 0. The predicted molar refractivity (Wildman–Crippen MR) is 73.9 cm³/mol. The smallest absolute Gasteiger partial charge is 0.201 e. The first-order valence-electron chi connectivity index (χ1n) is 6.34. The molecule has 0 radical (unpaired) electrons. The van der Waals surface area contributed by atoms with Gasteiger partial charge in [0, 0.05) is 5.56 Å². The first-order valence-corrected chi connectivity index (χ1v) is 6.34. The molecule has 0 aliphatic rings. The van der Waals surface area contributed by atoms with Gasteiger partial charge in [-0.05, 0) is 39.0 Å². The second kappa shape index (κ2) is 4.33. The average Bonchev–Trinajstić information content (AvgIpc) is 2.88. The van der Waals surface area contributed by atoms with E-state index >= 15 is 0 Å². The van der Waals surface area contributed by atoms with E-state index in [2.05, 4.69) is 10.1 Å². The van der Waals surface area contributed by atoms with E-state index < -0.39 is 0 Å². The van der Waals surface area contributed by atoms with Crippen molar-refractivity contribution in [2.45, 2.75) is 26.8 Å². The van der Waals surface area contributed by atoms with Crippen LogP contribution in [0, 0.1) is 19.7 Å². The molecule has 0 saturated heterocycles. The van der Waals surface area contributed by atoms with Crippen molar-refractivity contribution in [1.82, 2.24) is 14.7 Å². The van der Waals surface area contributed by atoms with Crippen LogP contribution in [0.3, 0.4) is 0 Å². The molecule has 104 valence electrons. The summed E-state index contributed by atoms with van der Waals surface area (Å²) in [6, 6.07) is 4.30. The van der Waals surface area contributed by atoms with Gasteiger partial charge in [-0.2, -0.15) is 0 Å². The van der Waals surface area contributed by atoms with Crippen LogP contribution in [-0.2, 0) is 0 Å². The molecular formula is C14H15FN4O. The van der Waals surface area contributed by atoms with Crippen molar-refractivity contribution in [2.24, 2.45) is 0 Å². The lowest BCUT2D eigenvalue weighted by Gasteiger charge is -2.15. The minimum Gasteiger partial charge on any atom is -0.369 e. The third-order valence-electron chi connectivity index (χ3n) is 3.57. The van der Waals surface area contributed by atoms with E-state index in [1.807, 2.05) is 20.8 Å². The Hall–Kier alpha value is -2.37. The summed E-state index contributed by atoms with van der Waals surface area (Å²) in [6.45, 7) is 5.69. The molecule has 2 aromatic heterocycles. The molecule has 3 rings (SSSR count). The zero-order valence-corrected chi connectivity index (χ0v) is 11.5. The largest absolute Gasteiger partial charge is 0.369 e. The van der Waals surface area contributed by atoms with Crippen molar-refractivity contribution in [2.75, 3.05) is 5.73 Å². The Bertz CT molecular complexity index is 770. The van der Waals surface area contributed by atoms with E-state index in [-0.39, 0.29) is 11.9 Å². The molecule has 3 aromatic rings. The molecule has 0 spiro atoms. The number of rotatable bonds is 2. The Labute approximate surface area is 115 Å². The number of nitrogens with zero attached hydrogens (tertiary/aromatic N) is 3. The maximum Gasteiger partial charge on any atom is 0.201 e. The van der Waals surface area contributed by atoms with Crippen molar-refractivity contribution >= 4 is 17.0 Å². The molecule has 1 unspecified atom stereocenters. The fourth-order valence-electron chi connectivity index (χ4n) is 2.71. The lowest BCUT2D eigenvalue weighted by Crippen LogP contribution is -2.11. The summed E-state index contributed by atoms with van der Waals surface area (Å²) < 4.78 is 20.5. The van der Waals surface area contributed by atoms with Crippen molar-refractivity contribution in [3.8, 4) is 0 Å². The number of fused-ring (bicyclic) bond motifs is 1. The van der Waals surface area contributed by atoms with E-state index in [4.69, 9.17) is 10.3 Å². The van der Waals surface area contributed by atoms with Gasteiger partial charge in [0.05, 0.1) is 22.8 Å². The van der Waals surface area contributed by atoms with Crippen LogP contribution in [0.4, 0.5) is 10.3 Å². The zero-order valence-electron chi connectivity index (χ0n) is 11.5. The number of halogens is 1. The average molecular weight is 274 g/mol. The summed E-state index contributed by atoms with van der Waals surface area (Å²) in [7, 11) is 0. The molecule has 20 heavy (non-hydrogen) atoms. The number of nitrogens with two attached hydrogens (primary N) is 1. The molecule has 0 saturated carbocycles. The second-order valence-electron chi connectivity index (χ2n) is 4.89. The van der Waals surface area contributed by atoms with E-state index in [9.17, 15) is 4.39 Å². The third-order valence-corrected chi connectivity index (χ3v) is 3.57. The first-order chi connectivity index (χ1) is 9.49. The van der Waals surface area contributed by atoms with E-state index in [1.54, 1.807) is 10.6 Å². The van der Waals surface area contributed by atoms with Crippen LogP contribution in [0.25, 0.3) is 11.0 Å². The Kier molecular flexibility index (Phi) is 2.74. The van der Waals surface area contributed by atoms with Crippen LogP contribution in [0.15, 0.2) is 22.7 Å². The molecule has 0 bridgehead atoms. The highest BCUT2D eigenvalue weighted by molar-refractivity contribution is 5.78. The highest BCUT2D eigenvalue weighted by Crippen LogP contribution is 2.30. The molecule has 0 fully saturated rings. The standard InChI is InChI=1S/C14H15FN4O/c1-7-13(9(3)20-18-7)8(2)19-12-6-10(15)4-5-11(12)17-14(19)16/h4-6,8H,1-3H3,(H2,16,17). The Morgan fingerprint density at radius 1 is 1.35 bits per heavy atom. The minimum absolute atomic E-state index is 0.131. The van der Waals surface area contributed by atoms with Crippen molar-refractivity contribution in [1.29, 1.82) is 0 Å². The lowest BCUT2D eigenvalue weighted by molar-refractivity contribution is 0.391. The van der Waals surface area contributed by atoms with Gasteiger partial charge in [-0.15, -0.1) is 0 Å². The predicted octanol–water partition coefficient (Wildman–Crippen LogP) is 2.97. The molecule has 0 aliphatic carbocycles. The maximum atomic E-state index is 13.5. The first kappa shape index (κ1) is 12.7. The van der Waals surface area contributed by atoms with Gasteiger partial charge in [0.15, 0.2) is 0 Å². The summed E-state index contributed by atoms with van der Waals surface area (Å²) in [5.74, 6) is 0.760. The fraction of sp³-hybridized carbons (Fsp3) is 0.286. The lowest BCUT2D eigenvalue weighted by atomic mass is 10.1. The second-order valence-corrected chi connectivity index (χ2v) is 4.89. The topological polar surface area (TPSA) is 69.9 Å².